The second-order valence-corrected chi connectivity index (χ2v) is 5.36. The molecule has 1 atom stereocenters. The van der Waals surface area contributed by atoms with E-state index in [9.17, 15) is 4.79 Å². The van der Waals surface area contributed by atoms with E-state index in [0.717, 1.165) is 10.6 Å². The van der Waals surface area contributed by atoms with Gasteiger partial charge >= 0.3 is 0 Å². The van der Waals surface area contributed by atoms with Crippen LogP contribution in [0.3, 0.4) is 0 Å². The van der Waals surface area contributed by atoms with Gasteiger partial charge < -0.3 is 11.1 Å². The molecular weight excluding hydrogens is 284 g/mol. The van der Waals surface area contributed by atoms with Crippen molar-refractivity contribution in [1.29, 1.82) is 0 Å². The number of halogens is 1. The molecule has 2 aromatic heterocycles. The zero-order chi connectivity index (χ0) is 14.0. The van der Waals surface area contributed by atoms with Gasteiger partial charge in [0.25, 0.3) is 5.91 Å². The minimum Gasteiger partial charge on any atom is -0.322 e. The number of aryl methyl sites for hydroxylation is 1. The fourth-order valence-electron chi connectivity index (χ4n) is 1.45. The van der Waals surface area contributed by atoms with Gasteiger partial charge in [0, 0.05) is 11.6 Å². The number of rotatable bonds is 3. The van der Waals surface area contributed by atoms with Crippen LogP contribution >= 0.6 is 22.9 Å². The lowest BCUT2D eigenvalue weighted by Gasteiger charge is -2.08. The minimum absolute atomic E-state index is 0.185. The second kappa shape index (κ2) is 5.64. The Hall–Kier alpha value is -1.50. The van der Waals surface area contributed by atoms with Gasteiger partial charge in [0.05, 0.1) is 11.7 Å². The van der Waals surface area contributed by atoms with Crippen molar-refractivity contribution in [3.8, 4) is 0 Å². The first-order valence-electron chi connectivity index (χ1n) is 5.62. The quantitative estimate of drug-likeness (QED) is 0.853. The number of hydrogen-bond acceptors (Lipinski definition) is 5. The number of carbonyl (C=O) groups is 1. The van der Waals surface area contributed by atoms with E-state index in [1.165, 1.54) is 11.3 Å². The number of nitrogens with zero attached hydrogens (tertiary/aromatic N) is 2. The maximum Gasteiger partial charge on any atom is 0.275 e. The molecule has 2 heterocycles. The lowest BCUT2D eigenvalue weighted by atomic mass is 10.2. The Morgan fingerprint density at radius 3 is 2.89 bits per heavy atom. The van der Waals surface area contributed by atoms with E-state index >= 15 is 0 Å². The van der Waals surface area contributed by atoms with E-state index in [1.54, 1.807) is 17.6 Å². The van der Waals surface area contributed by atoms with Gasteiger partial charge in [0.2, 0.25) is 0 Å². The van der Waals surface area contributed by atoms with E-state index in [-0.39, 0.29) is 17.1 Å². The second-order valence-electron chi connectivity index (χ2n) is 4.11. The van der Waals surface area contributed by atoms with Crippen LogP contribution in [0.1, 0.15) is 34.0 Å². The molecule has 0 spiro atoms. The number of nitrogens with two attached hydrogens (primary N) is 1. The number of thiazole rings is 1. The zero-order valence-electron chi connectivity index (χ0n) is 10.5. The van der Waals surface area contributed by atoms with Gasteiger partial charge in [0.1, 0.15) is 10.7 Å². The average Bonchev–Trinajstić information content (AvgIpc) is 2.83. The Morgan fingerprint density at radius 1 is 1.58 bits per heavy atom. The summed E-state index contributed by atoms with van der Waals surface area (Å²) in [6, 6.07) is 1.59. The molecule has 0 aromatic carbocycles. The molecule has 1 unspecified atom stereocenters. The first-order chi connectivity index (χ1) is 8.99. The van der Waals surface area contributed by atoms with Crippen molar-refractivity contribution < 1.29 is 4.79 Å². The third-order valence-corrected chi connectivity index (χ3v) is 3.83. The van der Waals surface area contributed by atoms with E-state index in [2.05, 4.69) is 15.3 Å². The molecule has 19 heavy (non-hydrogen) atoms. The van der Waals surface area contributed by atoms with Crippen LogP contribution in [0.4, 0.5) is 5.69 Å². The topological polar surface area (TPSA) is 80.9 Å². The lowest BCUT2D eigenvalue weighted by molar-refractivity contribution is 0.102. The fourth-order valence-corrected chi connectivity index (χ4v) is 2.46. The molecule has 0 aliphatic heterocycles. The first kappa shape index (κ1) is 13.9. The van der Waals surface area contributed by atoms with Crippen molar-refractivity contribution in [2.75, 3.05) is 5.32 Å². The van der Waals surface area contributed by atoms with E-state index in [4.69, 9.17) is 17.3 Å². The molecule has 100 valence electrons. The monoisotopic (exact) mass is 296 g/mol. The zero-order valence-corrected chi connectivity index (χ0v) is 12.0. The van der Waals surface area contributed by atoms with Crippen LogP contribution in [0.2, 0.25) is 5.15 Å². The molecule has 1 amide bonds. The van der Waals surface area contributed by atoms with Crippen LogP contribution in [0.5, 0.6) is 0 Å². The van der Waals surface area contributed by atoms with Crippen molar-refractivity contribution >= 4 is 34.5 Å². The molecule has 5 nitrogen and oxygen atoms in total. The molecule has 3 N–H and O–H groups in total. The molecule has 2 aromatic rings. The number of pyridine rings is 1. The summed E-state index contributed by atoms with van der Waals surface area (Å²) < 4.78 is 0. The number of amides is 1. The Kier molecular flexibility index (Phi) is 4.14. The predicted molar refractivity (Wildman–Crippen MR) is 76.7 cm³/mol. The number of hydrogen-bond donors (Lipinski definition) is 2. The number of carbonyl (C=O) groups excluding carboxylic acids is 1. The minimum atomic E-state index is -0.318. The van der Waals surface area contributed by atoms with Crippen LogP contribution in [0, 0.1) is 6.92 Å². The van der Waals surface area contributed by atoms with E-state index in [0.29, 0.717) is 11.4 Å². The Morgan fingerprint density at radius 2 is 2.32 bits per heavy atom. The van der Waals surface area contributed by atoms with Gasteiger partial charge in [0.15, 0.2) is 5.15 Å². The number of anilines is 1. The highest BCUT2D eigenvalue weighted by molar-refractivity contribution is 7.09. The summed E-state index contributed by atoms with van der Waals surface area (Å²) in [5, 5.41) is 5.37. The van der Waals surface area contributed by atoms with Crippen LogP contribution in [-0.2, 0) is 0 Å². The van der Waals surface area contributed by atoms with Crippen LogP contribution in [0.15, 0.2) is 17.6 Å². The molecule has 0 bridgehead atoms. The maximum atomic E-state index is 12.1. The lowest BCUT2D eigenvalue weighted by Crippen LogP contribution is -2.14. The standard InChI is InChI=1S/C12H13ClN4OS/c1-6-3-4-15-10(13)9(6)17-11(18)8-5-19-12(16-8)7(2)14/h3-5,7H,14H2,1-2H3,(H,17,18). The molecule has 0 aliphatic carbocycles. The summed E-state index contributed by atoms with van der Waals surface area (Å²) in [6.07, 6.45) is 1.59. The third kappa shape index (κ3) is 3.09. The van der Waals surface area contributed by atoms with E-state index < -0.39 is 0 Å². The SMILES string of the molecule is Cc1ccnc(Cl)c1NC(=O)c1csc(C(C)N)n1. The highest BCUT2D eigenvalue weighted by atomic mass is 35.5. The summed E-state index contributed by atoms with van der Waals surface area (Å²) in [6.45, 7) is 3.67. The molecule has 0 saturated carbocycles. The van der Waals surface area contributed by atoms with Crippen molar-refractivity contribution in [3.05, 3.63) is 39.1 Å². The Balaban J connectivity index is 2.21. The summed E-state index contributed by atoms with van der Waals surface area (Å²) >= 11 is 7.31. The van der Waals surface area contributed by atoms with Gasteiger partial charge in [-0.25, -0.2) is 9.97 Å². The Bertz CT molecular complexity index is 591. The highest BCUT2D eigenvalue weighted by Crippen LogP contribution is 2.24. The van der Waals surface area contributed by atoms with Gasteiger partial charge in [-0.15, -0.1) is 11.3 Å². The molecule has 2 rings (SSSR count). The normalized spacial score (nSPS) is 12.2. The number of aromatic nitrogens is 2. The first-order valence-corrected chi connectivity index (χ1v) is 6.88. The van der Waals surface area contributed by atoms with Gasteiger partial charge in [-0.3, -0.25) is 4.79 Å². The smallest absolute Gasteiger partial charge is 0.275 e. The van der Waals surface area contributed by atoms with Gasteiger partial charge in [-0.05, 0) is 25.5 Å². The van der Waals surface area contributed by atoms with Crippen molar-refractivity contribution in [3.63, 3.8) is 0 Å². The summed E-state index contributed by atoms with van der Waals surface area (Å²) in [7, 11) is 0. The molecule has 0 saturated heterocycles. The van der Waals surface area contributed by atoms with Gasteiger partial charge in [-0.1, -0.05) is 11.6 Å². The number of nitrogens with one attached hydrogen (secondary N) is 1. The average molecular weight is 297 g/mol. The van der Waals surface area contributed by atoms with Crippen molar-refractivity contribution in [2.45, 2.75) is 19.9 Å². The van der Waals surface area contributed by atoms with Crippen LogP contribution < -0.4 is 11.1 Å². The fraction of sp³-hybridized carbons (Fsp3) is 0.250. The molecular formula is C12H13ClN4OS. The molecule has 0 fully saturated rings. The Labute approximate surface area is 119 Å². The van der Waals surface area contributed by atoms with Crippen molar-refractivity contribution in [1.82, 2.24) is 9.97 Å². The summed E-state index contributed by atoms with van der Waals surface area (Å²) in [5.41, 5.74) is 7.39. The van der Waals surface area contributed by atoms with E-state index in [1.807, 2.05) is 13.8 Å². The summed E-state index contributed by atoms with van der Waals surface area (Å²) in [4.78, 5) is 20.2. The van der Waals surface area contributed by atoms with Gasteiger partial charge in [-0.2, -0.15) is 0 Å². The molecule has 7 heteroatoms. The van der Waals surface area contributed by atoms with Crippen LogP contribution in [-0.4, -0.2) is 15.9 Å². The highest BCUT2D eigenvalue weighted by Gasteiger charge is 2.15. The van der Waals surface area contributed by atoms with Crippen LogP contribution in [0.25, 0.3) is 0 Å². The van der Waals surface area contributed by atoms with Crippen molar-refractivity contribution in [2.24, 2.45) is 5.73 Å². The molecule has 0 aliphatic rings. The largest absolute Gasteiger partial charge is 0.322 e. The predicted octanol–water partition coefficient (Wildman–Crippen LogP) is 2.77. The maximum absolute atomic E-state index is 12.1. The summed E-state index contributed by atoms with van der Waals surface area (Å²) in [5.74, 6) is -0.318. The third-order valence-electron chi connectivity index (χ3n) is 2.50. The molecule has 0 radical (unpaired) electrons.